The summed E-state index contributed by atoms with van der Waals surface area (Å²) in [5.74, 6) is 1.21. The number of fused-ring (bicyclic) bond motifs is 1. The first kappa shape index (κ1) is 23.2. The molecule has 4 rings (SSSR count). The number of rotatable bonds is 8. The number of halogens is 1. The summed E-state index contributed by atoms with van der Waals surface area (Å²) in [6.07, 6.45) is 5.29. The number of carbonyl (C=O) groups is 2. The van der Waals surface area contributed by atoms with Gasteiger partial charge in [0.05, 0.1) is 7.11 Å². The zero-order chi connectivity index (χ0) is 23.2. The van der Waals surface area contributed by atoms with Crippen LogP contribution in [0.15, 0.2) is 42.5 Å². The number of nitrogens with one attached hydrogen (secondary N) is 1. The third-order valence-corrected chi connectivity index (χ3v) is 6.40. The monoisotopic (exact) mass is 472 g/mol. The van der Waals surface area contributed by atoms with Crippen molar-refractivity contribution in [3.8, 4) is 17.2 Å². The second kappa shape index (κ2) is 10.8. The predicted molar refractivity (Wildman–Crippen MR) is 125 cm³/mol. The zero-order valence-corrected chi connectivity index (χ0v) is 19.5. The molecule has 1 atom stereocenters. The van der Waals surface area contributed by atoms with E-state index >= 15 is 0 Å². The van der Waals surface area contributed by atoms with Crippen LogP contribution in [0.4, 0.5) is 0 Å². The van der Waals surface area contributed by atoms with Gasteiger partial charge in [0.15, 0.2) is 11.5 Å². The van der Waals surface area contributed by atoms with E-state index in [-0.39, 0.29) is 37.1 Å². The van der Waals surface area contributed by atoms with Crippen molar-refractivity contribution in [2.24, 2.45) is 0 Å². The second-order valence-corrected chi connectivity index (χ2v) is 8.63. The predicted octanol–water partition coefficient (Wildman–Crippen LogP) is 4.18. The molecule has 176 valence electrons. The van der Waals surface area contributed by atoms with E-state index in [1.54, 1.807) is 19.2 Å². The summed E-state index contributed by atoms with van der Waals surface area (Å²) in [6.45, 7) is 0.373. The summed E-state index contributed by atoms with van der Waals surface area (Å²) in [4.78, 5) is 28.1. The molecule has 0 unspecified atom stereocenters. The molecule has 2 aliphatic rings. The molecule has 0 saturated heterocycles. The lowest BCUT2D eigenvalue weighted by molar-refractivity contribution is -0.140. The van der Waals surface area contributed by atoms with E-state index in [2.05, 4.69) is 5.32 Å². The number of carbonyl (C=O) groups excluding carboxylic acids is 2. The van der Waals surface area contributed by atoms with Gasteiger partial charge in [0.1, 0.15) is 17.7 Å². The van der Waals surface area contributed by atoms with Gasteiger partial charge in [0.25, 0.3) is 0 Å². The summed E-state index contributed by atoms with van der Waals surface area (Å²) in [5, 5.41) is 3.18. The third-order valence-electron chi connectivity index (χ3n) is 6.17. The Kier molecular flexibility index (Phi) is 7.60. The number of benzene rings is 2. The standard InChI is InChI=1S/C25H29ClN2O5/c1-31-20-10-8-18(9-11-20)24(25(30)27-19-5-3-2-4-6-19)28(23(29)14-26)15-17-7-12-21-22(13-17)33-16-32-21/h7-13,19,24H,2-6,14-16H2,1H3,(H,27,30)/t24-/m0/s1. The summed E-state index contributed by atoms with van der Waals surface area (Å²) in [5.41, 5.74) is 1.52. The molecule has 8 heteroatoms. The van der Waals surface area contributed by atoms with E-state index in [1.165, 1.54) is 11.3 Å². The SMILES string of the molecule is COc1ccc([C@@H](C(=O)NC2CCCCC2)N(Cc2ccc3c(c2)OCO3)C(=O)CCl)cc1. The smallest absolute Gasteiger partial charge is 0.247 e. The summed E-state index contributed by atoms with van der Waals surface area (Å²) < 4.78 is 16.1. The van der Waals surface area contributed by atoms with Crippen molar-refractivity contribution in [3.63, 3.8) is 0 Å². The van der Waals surface area contributed by atoms with Crippen molar-refractivity contribution in [3.05, 3.63) is 53.6 Å². The van der Waals surface area contributed by atoms with Crippen molar-refractivity contribution < 1.29 is 23.8 Å². The third kappa shape index (κ3) is 5.53. The fourth-order valence-electron chi connectivity index (χ4n) is 4.42. The summed E-state index contributed by atoms with van der Waals surface area (Å²) >= 11 is 5.99. The highest BCUT2D eigenvalue weighted by Crippen LogP contribution is 2.34. The first-order valence-electron chi connectivity index (χ1n) is 11.3. The number of methoxy groups -OCH3 is 1. The Labute approximate surface area is 198 Å². The zero-order valence-electron chi connectivity index (χ0n) is 18.7. The topological polar surface area (TPSA) is 77.1 Å². The number of hydrogen-bond acceptors (Lipinski definition) is 5. The molecular weight excluding hydrogens is 444 g/mol. The summed E-state index contributed by atoms with van der Waals surface area (Å²) in [6, 6.07) is 12.0. The first-order chi connectivity index (χ1) is 16.1. The van der Waals surface area contributed by atoms with Gasteiger partial charge in [0.2, 0.25) is 18.6 Å². The van der Waals surface area contributed by atoms with E-state index in [9.17, 15) is 9.59 Å². The Hall–Kier alpha value is -2.93. The van der Waals surface area contributed by atoms with Gasteiger partial charge in [-0.3, -0.25) is 9.59 Å². The Morgan fingerprint density at radius 3 is 2.52 bits per heavy atom. The quantitative estimate of drug-likeness (QED) is 0.583. The minimum atomic E-state index is -0.825. The maximum absolute atomic E-state index is 13.6. The van der Waals surface area contributed by atoms with Crippen molar-refractivity contribution in [2.45, 2.75) is 50.7 Å². The van der Waals surface area contributed by atoms with Gasteiger partial charge in [-0.2, -0.15) is 0 Å². The molecule has 2 aromatic carbocycles. The Morgan fingerprint density at radius 1 is 1.09 bits per heavy atom. The van der Waals surface area contributed by atoms with E-state index in [4.69, 9.17) is 25.8 Å². The normalized spacial score (nSPS) is 16.2. The van der Waals surface area contributed by atoms with E-state index in [0.29, 0.717) is 22.8 Å². The average Bonchev–Trinajstić information content (AvgIpc) is 3.32. The molecule has 2 aromatic rings. The lowest BCUT2D eigenvalue weighted by Gasteiger charge is -2.33. The average molecular weight is 473 g/mol. The van der Waals surface area contributed by atoms with Crippen LogP contribution in [0.2, 0.25) is 0 Å². The minimum Gasteiger partial charge on any atom is -0.497 e. The van der Waals surface area contributed by atoms with Gasteiger partial charge in [-0.05, 0) is 48.2 Å². The van der Waals surface area contributed by atoms with Crippen LogP contribution < -0.4 is 19.5 Å². The Morgan fingerprint density at radius 2 is 1.82 bits per heavy atom. The van der Waals surface area contributed by atoms with Gasteiger partial charge >= 0.3 is 0 Å². The highest BCUT2D eigenvalue weighted by atomic mass is 35.5. The highest BCUT2D eigenvalue weighted by Gasteiger charge is 2.33. The largest absolute Gasteiger partial charge is 0.497 e. The van der Waals surface area contributed by atoms with Gasteiger partial charge in [-0.15, -0.1) is 11.6 Å². The van der Waals surface area contributed by atoms with E-state index in [1.807, 2.05) is 30.3 Å². The molecule has 0 radical (unpaired) electrons. The summed E-state index contributed by atoms with van der Waals surface area (Å²) in [7, 11) is 1.59. The van der Waals surface area contributed by atoms with Gasteiger partial charge in [-0.1, -0.05) is 37.5 Å². The first-order valence-corrected chi connectivity index (χ1v) is 11.8. The molecule has 33 heavy (non-hydrogen) atoms. The van der Waals surface area contributed by atoms with Crippen LogP contribution in [-0.2, 0) is 16.1 Å². The maximum atomic E-state index is 13.6. The van der Waals surface area contributed by atoms with Crippen LogP contribution in [0.3, 0.4) is 0 Å². The van der Waals surface area contributed by atoms with Crippen molar-refractivity contribution in [1.29, 1.82) is 0 Å². The van der Waals surface area contributed by atoms with Crippen molar-refractivity contribution in [1.82, 2.24) is 10.2 Å². The van der Waals surface area contributed by atoms with Gasteiger partial charge < -0.3 is 24.4 Å². The van der Waals surface area contributed by atoms with Crippen molar-refractivity contribution >= 4 is 23.4 Å². The van der Waals surface area contributed by atoms with Crippen LogP contribution in [0, 0.1) is 0 Å². The molecule has 2 amide bonds. The molecule has 0 bridgehead atoms. The van der Waals surface area contributed by atoms with Crippen LogP contribution in [0.1, 0.15) is 49.3 Å². The molecular formula is C25H29ClN2O5. The molecule has 7 nitrogen and oxygen atoms in total. The van der Waals surface area contributed by atoms with Gasteiger partial charge in [-0.25, -0.2) is 0 Å². The lowest BCUT2D eigenvalue weighted by Crippen LogP contribution is -2.47. The molecule has 1 fully saturated rings. The van der Waals surface area contributed by atoms with Crippen LogP contribution >= 0.6 is 11.6 Å². The van der Waals surface area contributed by atoms with Crippen LogP contribution in [-0.4, -0.2) is 42.5 Å². The number of nitrogens with zero attached hydrogens (tertiary/aromatic N) is 1. The van der Waals surface area contributed by atoms with E-state index < -0.39 is 6.04 Å². The van der Waals surface area contributed by atoms with E-state index in [0.717, 1.165) is 31.2 Å². The second-order valence-electron chi connectivity index (χ2n) is 8.36. The lowest BCUT2D eigenvalue weighted by atomic mass is 9.94. The number of hydrogen-bond donors (Lipinski definition) is 1. The van der Waals surface area contributed by atoms with Crippen LogP contribution in [0.5, 0.6) is 17.2 Å². The Balaban J connectivity index is 1.65. The molecule has 0 aromatic heterocycles. The maximum Gasteiger partial charge on any atom is 0.247 e. The minimum absolute atomic E-state index is 0.116. The molecule has 0 spiro atoms. The number of amides is 2. The molecule has 1 aliphatic carbocycles. The Bertz CT molecular complexity index is 975. The number of ether oxygens (including phenoxy) is 3. The van der Waals surface area contributed by atoms with Gasteiger partial charge in [0, 0.05) is 12.6 Å². The highest BCUT2D eigenvalue weighted by molar-refractivity contribution is 6.27. The fourth-order valence-corrected chi connectivity index (χ4v) is 4.58. The molecule has 1 heterocycles. The molecule has 1 saturated carbocycles. The molecule has 1 aliphatic heterocycles. The van der Waals surface area contributed by atoms with Crippen LogP contribution in [0.25, 0.3) is 0 Å². The fraction of sp³-hybridized carbons (Fsp3) is 0.440. The number of alkyl halides is 1. The molecule has 1 N–H and O–H groups in total. The van der Waals surface area contributed by atoms with Crippen molar-refractivity contribution in [2.75, 3.05) is 19.8 Å².